The number of amidine groups is 1. The second-order valence-corrected chi connectivity index (χ2v) is 5.37. The molecule has 0 aromatic heterocycles. The molecule has 1 atom stereocenters. The summed E-state index contributed by atoms with van der Waals surface area (Å²) in [7, 11) is 0. The lowest BCUT2D eigenvalue weighted by atomic mass is 10.1. The molecule has 0 aromatic rings. The minimum Gasteiger partial charge on any atom is -0.370 e. The number of hydrogen-bond acceptors (Lipinski definition) is 4. The zero-order chi connectivity index (χ0) is 10.5. The molecule has 3 aliphatic rings. The van der Waals surface area contributed by atoms with Gasteiger partial charge in [-0.15, -0.1) is 0 Å². The highest BCUT2D eigenvalue weighted by atomic mass is 32.2. The van der Waals surface area contributed by atoms with E-state index in [0.29, 0.717) is 0 Å². The summed E-state index contributed by atoms with van der Waals surface area (Å²) >= 11 is 1.66. The van der Waals surface area contributed by atoms with E-state index in [-0.39, 0.29) is 0 Å². The van der Waals surface area contributed by atoms with Crippen molar-refractivity contribution in [2.24, 2.45) is 4.99 Å². The van der Waals surface area contributed by atoms with Crippen molar-refractivity contribution in [1.82, 2.24) is 4.90 Å². The number of aliphatic imine (C=N–C) groups is 1. The molecule has 0 spiro atoms. The largest absolute Gasteiger partial charge is 0.370 e. The monoisotopic (exact) mass is 222 g/mol. The van der Waals surface area contributed by atoms with Crippen LogP contribution >= 0.6 is 11.8 Å². The van der Waals surface area contributed by atoms with Crippen molar-refractivity contribution in [3.63, 3.8) is 0 Å². The highest BCUT2D eigenvalue weighted by molar-refractivity contribution is 8.14. The van der Waals surface area contributed by atoms with E-state index < -0.39 is 5.72 Å². The summed E-state index contributed by atoms with van der Waals surface area (Å²) in [6.07, 6.45) is 5.39. The molecule has 1 unspecified atom stereocenters. The topological polar surface area (TPSA) is 35.8 Å². The standard InChI is InChI=1S/C11H14N2OS/c1-11(14)7-15-10-12-5-8-3-2-4-9(8)6-13(10)11/h2,4,14H,3,5-7H2,1H3. The average molecular weight is 222 g/mol. The van der Waals surface area contributed by atoms with Gasteiger partial charge in [0.05, 0.1) is 6.54 Å². The smallest absolute Gasteiger partial charge is 0.162 e. The molecule has 0 saturated carbocycles. The number of aliphatic hydroxyl groups is 1. The molecule has 1 aliphatic carbocycles. The summed E-state index contributed by atoms with van der Waals surface area (Å²) in [6.45, 7) is 3.48. The molecular formula is C11H14N2OS. The average Bonchev–Trinajstić information content (AvgIpc) is 2.68. The van der Waals surface area contributed by atoms with E-state index in [4.69, 9.17) is 0 Å². The first-order chi connectivity index (χ1) is 7.17. The second kappa shape index (κ2) is 3.12. The van der Waals surface area contributed by atoms with Gasteiger partial charge in [-0.1, -0.05) is 23.9 Å². The predicted molar refractivity (Wildman–Crippen MR) is 62.9 cm³/mol. The minimum absolute atomic E-state index is 0.720. The van der Waals surface area contributed by atoms with Crippen LogP contribution in [0, 0.1) is 0 Å². The molecule has 2 heterocycles. The summed E-state index contributed by atoms with van der Waals surface area (Å²) in [4.78, 5) is 6.59. The quantitative estimate of drug-likeness (QED) is 0.672. The predicted octanol–water partition coefficient (Wildman–Crippen LogP) is 1.37. The van der Waals surface area contributed by atoms with Crippen molar-refractivity contribution in [2.45, 2.75) is 19.1 Å². The Hall–Kier alpha value is -0.740. The number of allylic oxidation sites excluding steroid dienone is 1. The van der Waals surface area contributed by atoms with Gasteiger partial charge in [-0.05, 0) is 24.5 Å². The third-order valence-electron chi connectivity index (χ3n) is 3.16. The van der Waals surface area contributed by atoms with Gasteiger partial charge in [0.25, 0.3) is 0 Å². The molecule has 0 radical (unpaired) electrons. The Morgan fingerprint density at radius 3 is 3.33 bits per heavy atom. The molecule has 4 heteroatoms. The van der Waals surface area contributed by atoms with Crippen LogP contribution in [0.1, 0.15) is 13.3 Å². The number of nitrogens with zero attached hydrogens (tertiary/aromatic N) is 2. The summed E-state index contributed by atoms with van der Waals surface area (Å²) in [6, 6.07) is 0. The summed E-state index contributed by atoms with van der Waals surface area (Å²) in [5, 5.41) is 11.2. The van der Waals surface area contributed by atoms with E-state index >= 15 is 0 Å². The highest BCUT2D eigenvalue weighted by Crippen LogP contribution is 2.35. The van der Waals surface area contributed by atoms with Gasteiger partial charge < -0.3 is 10.0 Å². The third kappa shape index (κ3) is 1.43. The fourth-order valence-corrected chi connectivity index (χ4v) is 3.32. The van der Waals surface area contributed by atoms with Gasteiger partial charge >= 0.3 is 0 Å². The maximum atomic E-state index is 10.2. The van der Waals surface area contributed by atoms with Crippen LogP contribution in [-0.2, 0) is 0 Å². The summed E-state index contributed by atoms with van der Waals surface area (Å²) < 4.78 is 0. The van der Waals surface area contributed by atoms with Crippen molar-refractivity contribution in [3.8, 4) is 0 Å². The second-order valence-electron chi connectivity index (χ2n) is 4.43. The lowest BCUT2D eigenvalue weighted by Gasteiger charge is -2.30. The van der Waals surface area contributed by atoms with Crippen molar-refractivity contribution >= 4 is 16.9 Å². The minimum atomic E-state index is -0.734. The Morgan fingerprint density at radius 2 is 2.47 bits per heavy atom. The van der Waals surface area contributed by atoms with E-state index in [1.54, 1.807) is 11.8 Å². The Labute approximate surface area is 93.6 Å². The first-order valence-corrected chi connectivity index (χ1v) is 6.20. The van der Waals surface area contributed by atoms with E-state index in [9.17, 15) is 5.11 Å². The van der Waals surface area contributed by atoms with E-state index in [0.717, 1.165) is 30.4 Å². The Kier molecular flexibility index (Phi) is 1.97. The summed E-state index contributed by atoms with van der Waals surface area (Å²) in [5.74, 6) is 0.720. The number of fused-ring (bicyclic) bond motifs is 1. The van der Waals surface area contributed by atoms with Gasteiger partial charge in [0, 0.05) is 12.3 Å². The van der Waals surface area contributed by atoms with E-state index in [1.165, 1.54) is 11.1 Å². The van der Waals surface area contributed by atoms with Crippen LogP contribution in [0.5, 0.6) is 0 Å². The van der Waals surface area contributed by atoms with E-state index in [2.05, 4.69) is 17.1 Å². The third-order valence-corrected chi connectivity index (χ3v) is 4.46. The number of rotatable bonds is 0. The van der Waals surface area contributed by atoms with Crippen LogP contribution in [0.15, 0.2) is 28.3 Å². The molecular weight excluding hydrogens is 208 g/mol. The molecule has 3 nitrogen and oxygen atoms in total. The highest BCUT2D eigenvalue weighted by Gasteiger charge is 2.40. The van der Waals surface area contributed by atoms with Gasteiger partial charge in [0.2, 0.25) is 0 Å². The van der Waals surface area contributed by atoms with Crippen LogP contribution in [0.2, 0.25) is 0 Å². The zero-order valence-electron chi connectivity index (χ0n) is 8.73. The van der Waals surface area contributed by atoms with Crippen LogP contribution < -0.4 is 0 Å². The molecule has 80 valence electrons. The van der Waals surface area contributed by atoms with Crippen LogP contribution in [-0.4, -0.2) is 39.7 Å². The maximum absolute atomic E-state index is 10.2. The molecule has 1 N–H and O–H groups in total. The first-order valence-electron chi connectivity index (χ1n) is 5.21. The molecule has 1 fully saturated rings. The number of thioether (sulfide) groups is 1. The molecule has 0 aromatic carbocycles. The van der Waals surface area contributed by atoms with Crippen molar-refractivity contribution in [2.75, 3.05) is 18.8 Å². The fourth-order valence-electron chi connectivity index (χ4n) is 2.19. The van der Waals surface area contributed by atoms with Gasteiger partial charge in [0.1, 0.15) is 5.72 Å². The molecule has 0 bridgehead atoms. The molecule has 3 rings (SSSR count). The molecule has 2 aliphatic heterocycles. The lowest BCUT2D eigenvalue weighted by Crippen LogP contribution is -2.45. The molecule has 15 heavy (non-hydrogen) atoms. The summed E-state index contributed by atoms with van der Waals surface area (Å²) in [5.41, 5.74) is 2.02. The van der Waals surface area contributed by atoms with Gasteiger partial charge in [0.15, 0.2) is 5.17 Å². The van der Waals surface area contributed by atoms with Crippen molar-refractivity contribution in [1.29, 1.82) is 0 Å². The van der Waals surface area contributed by atoms with E-state index in [1.807, 2.05) is 11.8 Å². The van der Waals surface area contributed by atoms with Gasteiger partial charge in [-0.3, -0.25) is 4.99 Å². The van der Waals surface area contributed by atoms with Gasteiger partial charge in [-0.2, -0.15) is 0 Å². The Bertz CT molecular complexity index is 395. The molecule has 0 amide bonds. The molecule has 1 saturated heterocycles. The van der Waals surface area contributed by atoms with Crippen molar-refractivity contribution in [3.05, 3.63) is 23.3 Å². The normalized spacial score (nSPS) is 34.0. The SMILES string of the molecule is CC1(O)CSC2=NCC3=C(C=CC3)CN21. The van der Waals surface area contributed by atoms with Gasteiger partial charge in [-0.25, -0.2) is 0 Å². The Balaban J connectivity index is 1.96. The number of hydrogen-bond donors (Lipinski definition) is 1. The Morgan fingerprint density at radius 1 is 1.60 bits per heavy atom. The first kappa shape index (κ1) is 9.48. The fraction of sp³-hybridized carbons (Fsp3) is 0.545. The lowest BCUT2D eigenvalue weighted by molar-refractivity contribution is -0.0189. The van der Waals surface area contributed by atoms with Crippen molar-refractivity contribution < 1.29 is 5.11 Å². The maximum Gasteiger partial charge on any atom is 0.162 e. The van der Waals surface area contributed by atoms with Crippen LogP contribution in [0.25, 0.3) is 0 Å². The van der Waals surface area contributed by atoms with Crippen LogP contribution in [0.4, 0.5) is 0 Å². The zero-order valence-corrected chi connectivity index (χ0v) is 9.55. The van der Waals surface area contributed by atoms with Crippen LogP contribution in [0.3, 0.4) is 0 Å².